The summed E-state index contributed by atoms with van der Waals surface area (Å²) in [5.74, 6) is 0.566. The second kappa shape index (κ2) is 8.16. The third-order valence-corrected chi connectivity index (χ3v) is 5.87. The Morgan fingerprint density at radius 3 is 2.82 bits per heavy atom. The molecule has 2 amide bonds. The Balaban J connectivity index is 1.43. The van der Waals surface area contributed by atoms with Crippen LogP contribution in [-0.4, -0.2) is 49.6 Å². The highest BCUT2D eigenvalue weighted by atomic mass is 19.1. The van der Waals surface area contributed by atoms with Crippen molar-refractivity contribution in [3.63, 3.8) is 0 Å². The van der Waals surface area contributed by atoms with Crippen molar-refractivity contribution in [1.82, 2.24) is 4.90 Å². The largest absolute Gasteiger partial charge is 0.496 e. The fourth-order valence-electron chi connectivity index (χ4n) is 4.19. The Kier molecular flexibility index (Phi) is 5.16. The Bertz CT molecular complexity index is 1300. The summed E-state index contributed by atoms with van der Waals surface area (Å²) in [7, 11) is 1.47. The summed E-state index contributed by atoms with van der Waals surface area (Å²) in [6, 6.07) is 8.51. The van der Waals surface area contributed by atoms with Gasteiger partial charge in [0, 0.05) is 41.9 Å². The molecule has 2 aliphatic rings. The van der Waals surface area contributed by atoms with Gasteiger partial charge in [-0.15, -0.1) is 0 Å². The first kappa shape index (κ1) is 20.9. The van der Waals surface area contributed by atoms with E-state index in [1.165, 1.54) is 18.3 Å². The second-order valence-corrected chi connectivity index (χ2v) is 7.96. The smallest absolute Gasteiger partial charge is 0.257 e. The van der Waals surface area contributed by atoms with Gasteiger partial charge in [-0.25, -0.2) is 4.39 Å². The Hall–Kier alpha value is -4.01. The lowest BCUT2D eigenvalue weighted by Gasteiger charge is -2.21. The molecular weight excluding hydrogens is 429 g/mol. The van der Waals surface area contributed by atoms with E-state index in [-0.39, 0.29) is 18.0 Å². The van der Waals surface area contributed by atoms with Gasteiger partial charge in [0.2, 0.25) is 0 Å². The predicted molar refractivity (Wildman–Crippen MR) is 120 cm³/mol. The summed E-state index contributed by atoms with van der Waals surface area (Å²) in [4.78, 5) is 26.1. The summed E-state index contributed by atoms with van der Waals surface area (Å²) < 4.78 is 30.5. The van der Waals surface area contributed by atoms with E-state index in [9.17, 15) is 14.0 Å². The van der Waals surface area contributed by atoms with Crippen LogP contribution >= 0.6 is 0 Å². The summed E-state index contributed by atoms with van der Waals surface area (Å²) >= 11 is 0. The molecule has 0 aliphatic carbocycles. The zero-order chi connectivity index (χ0) is 23.1. The molecule has 0 bridgehead atoms. The molecule has 0 spiro atoms. The highest BCUT2D eigenvalue weighted by Crippen LogP contribution is 2.36. The highest BCUT2D eigenvalue weighted by Gasteiger charge is 2.28. The van der Waals surface area contributed by atoms with Gasteiger partial charge in [0.1, 0.15) is 35.3 Å². The number of ether oxygens (including phenoxy) is 2. The topological polar surface area (TPSA) is 107 Å². The molecule has 1 atom stereocenters. The zero-order valence-electron chi connectivity index (χ0n) is 17.9. The van der Waals surface area contributed by atoms with E-state index >= 15 is 0 Å². The number of furan rings is 1. The molecule has 1 saturated heterocycles. The zero-order valence-corrected chi connectivity index (χ0v) is 17.9. The monoisotopic (exact) mass is 451 g/mol. The van der Waals surface area contributed by atoms with Crippen molar-refractivity contribution in [1.29, 1.82) is 0 Å². The van der Waals surface area contributed by atoms with Gasteiger partial charge in [0.25, 0.3) is 11.8 Å². The van der Waals surface area contributed by atoms with Crippen molar-refractivity contribution in [2.24, 2.45) is 5.73 Å². The molecular formula is C24H22FN3O5. The molecule has 3 heterocycles. The molecule has 170 valence electrons. The lowest BCUT2D eigenvalue weighted by atomic mass is 10.0. The number of amides is 2. The van der Waals surface area contributed by atoms with Crippen molar-refractivity contribution in [2.75, 3.05) is 32.1 Å². The molecule has 0 radical (unpaired) electrons. The average Bonchev–Trinajstić information content (AvgIpc) is 3.44. The van der Waals surface area contributed by atoms with E-state index in [0.717, 1.165) is 5.69 Å². The van der Waals surface area contributed by atoms with Crippen LogP contribution in [0, 0.1) is 0 Å². The van der Waals surface area contributed by atoms with Gasteiger partial charge in [-0.3, -0.25) is 9.59 Å². The molecule has 1 fully saturated rings. The van der Waals surface area contributed by atoms with Crippen LogP contribution in [0.4, 0.5) is 10.1 Å². The number of carbonyl (C=O) groups excluding carboxylic acids is 2. The SMILES string of the molecule is COc1cc2c(cc1C(N)=O)C(Oc1ccc3c(C(=O)N4CCC(F)C4)coc3c1)=CCN2. The number of methoxy groups -OCH3 is 1. The minimum Gasteiger partial charge on any atom is -0.496 e. The summed E-state index contributed by atoms with van der Waals surface area (Å²) in [6.07, 6.45) is 2.62. The van der Waals surface area contributed by atoms with Gasteiger partial charge in [-0.05, 0) is 30.7 Å². The number of carbonyl (C=O) groups is 2. The van der Waals surface area contributed by atoms with Crippen LogP contribution < -0.4 is 20.5 Å². The molecule has 0 saturated carbocycles. The second-order valence-electron chi connectivity index (χ2n) is 7.96. The third kappa shape index (κ3) is 3.75. The van der Waals surface area contributed by atoms with Crippen LogP contribution in [0.2, 0.25) is 0 Å². The number of primary amides is 1. The first-order valence-corrected chi connectivity index (χ1v) is 10.5. The number of alkyl halides is 1. The van der Waals surface area contributed by atoms with Crippen LogP contribution in [0.25, 0.3) is 16.7 Å². The molecule has 2 aromatic carbocycles. The normalized spacial score (nSPS) is 17.3. The fourth-order valence-corrected chi connectivity index (χ4v) is 4.19. The minimum absolute atomic E-state index is 0.104. The van der Waals surface area contributed by atoms with E-state index in [2.05, 4.69) is 5.32 Å². The first-order chi connectivity index (χ1) is 15.9. The average molecular weight is 451 g/mol. The molecule has 8 nitrogen and oxygen atoms in total. The number of rotatable bonds is 5. The maximum absolute atomic E-state index is 13.5. The quantitative estimate of drug-likeness (QED) is 0.614. The van der Waals surface area contributed by atoms with Crippen molar-refractivity contribution < 1.29 is 27.9 Å². The van der Waals surface area contributed by atoms with Crippen molar-refractivity contribution in [2.45, 2.75) is 12.6 Å². The summed E-state index contributed by atoms with van der Waals surface area (Å²) in [5, 5.41) is 3.85. The minimum atomic E-state index is -0.983. The molecule has 33 heavy (non-hydrogen) atoms. The molecule has 9 heteroatoms. The van der Waals surface area contributed by atoms with Gasteiger partial charge in [0.15, 0.2) is 0 Å². The van der Waals surface area contributed by atoms with Crippen molar-refractivity contribution in [3.8, 4) is 11.5 Å². The van der Waals surface area contributed by atoms with Gasteiger partial charge < -0.3 is 29.8 Å². The standard InChI is InChI=1S/C24H22FN3O5/c1-31-21-10-19-16(9-17(21)23(26)29)20(4-6-27-19)33-14-2-3-15-18(12-32-22(15)8-14)24(30)28-7-5-13(25)11-28/h2-4,8-10,12-13,27H,5-7,11H2,1H3,(H2,26,29). The van der Waals surface area contributed by atoms with Crippen LogP contribution in [0.1, 0.15) is 32.7 Å². The molecule has 5 rings (SSSR count). The van der Waals surface area contributed by atoms with Crippen LogP contribution in [0.3, 0.4) is 0 Å². The van der Waals surface area contributed by atoms with Gasteiger partial charge >= 0.3 is 0 Å². The van der Waals surface area contributed by atoms with Crippen LogP contribution in [0.15, 0.2) is 47.1 Å². The number of nitrogens with two attached hydrogens (primary N) is 1. The molecule has 1 unspecified atom stereocenters. The lowest BCUT2D eigenvalue weighted by Crippen LogP contribution is -2.28. The van der Waals surface area contributed by atoms with Crippen LogP contribution in [0.5, 0.6) is 11.5 Å². The Morgan fingerprint density at radius 1 is 1.24 bits per heavy atom. The van der Waals surface area contributed by atoms with E-state index < -0.39 is 12.1 Å². The third-order valence-electron chi connectivity index (χ3n) is 5.87. The number of likely N-dealkylation sites (tertiary alicyclic amines) is 1. The number of anilines is 1. The van der Waals surface area contributed by atoms with Gasteiger partial charge in [0.05, 0.1) is 24.8 Å². The number of fused-ring (bicyclic) bond motifs is 2. The summed E-state index contributed by atoms with van der Waals surface area (Å²) in [5.41, 5.74) is 8.04. The molecule has 1 aromatic heterocycles. The van der Waals surface area contributed by atoms with Gasteiger partial charge in [-0.2, -0.15) is 0 Å². The number of benzene rings is 2. The van der Waals surface area contributed by atoms with Gasteiger partial charge in [-0.1, -0.05) is 0 Å². The highest BCUT2D eigenvalue weighted by molar-refractivity contribution is 6.06. The number of halogens is 1. The molecule has 3 N–H and O–H groups in total. The van der Waals surface area contributed by atoms with E-state index in [0.29, 0.717) is 58.9 Å². The first-order valence-electron chi connectivity index (χ1n) is 10.5. The number of hydrogen-bond acceptors (Lipinski definition) is 6. The van der Waals surface area contributed by atoms with Crippen molar-refractivity contribution in [3.05, 3.63) is 59.4 Å². The predicted octanol–water partition coefficient (Wildman–Crippen LogP) is 3.57. The summed E-state index contributed by atoms with van der Waals surface area (Å²) in [6.45, 7) is 1.02. The van der Waals surface area contributed by atoms with E-state index in [4.69, 9.17) is 19.6 Å². The van der Waals surface area contributed by atoms with Crippen LogP contribution in [-0.2, 0) is 0 Å². The Labute approximate surface area is 188 Å². The van der Waals surface area contributed by atoms with E-state index in [1.807, 2.05) is 6.08 Å². The van der Waals surface area contributed by atoms with E-state index in [1.54, 1.807) is 30.3 Å². The maximum atomic E-state index is 13.5. The fraction of sp³-hybridized carbons (Fsp3) is 0.250. The molecule has 3 aromatic rings. The molecule has 2 aliphatic heterocycles. The Morgan fingerprint density at radius 2 is 2.09 bits per heavy atom. The number of nitrogens with zero attached hydrogens (tertiary/aromatic N) is 1. The number of hydrogen-bond donors (Lipinski definition) is 2. The van der Waals surface area contributed by atoms with Crippen molar-refractivity contribution >= 4 is 34.2 Å². The lowest BCUT2D eigenvalue weighted by molar-refractivity contribution is 0.0783. The maximum Gasteiger partial charge on any atom is 0.257 e. The number of nitrogens with one attached hydrogen (secondary N) is 1.